The van der Waals surface area contributed by atoms with Gasteiger partial charge in [0.05, 0.1) is 16.3 Å². The fraction of sp³-hybridized carbons (Fsp3) is 0.615. The van der Waals surface area contributed by atoms with Gasteiger partial charge in [-0.1, -0.05) is 25.4 Å². The number of likely N-dealkylation sites (N-methyl/N-ethyl adjacent to an activating group) is 1. The number of hydrogen-bond acceptors (Lipinski definition) is 2. The summed E-state index contributed by atoms with van der Waals surface area (Å²) in [4.78, 5) is 3.93. The quantitative estimate of drug-likeness (QED) is 0.878. The van der Waals surface area contributed by atoms with Gasteiger partial charge < -0.3 is 5.32 Å². The van der Waals surface area contributed by atoms with E-state index in [1.165, 1.54) is 0 Å². The first-order valence-corrected chi connectivity index (χ1v) is 6.65. The second kappa shape index (κ2) is 6.57. The Morgan fingerprint density at radius 1 is 1.37 bits per heavy atom. The molecule has 0 spiro atoms. The van der Waals surface area contributed by atoms with Gasteiger partial charge in [0.15, 0.2) is 0 Å². The van der Waals surface area contributed by atoms with Crippen LogP contribution in [0.2, 0.25) is 5.02 Å². The van der Waals surface area contributed by atoms with Crippen molar-refractivity contribution in [2.24, 2.45) is 0 Å². The number of aromatic nitrogens is 1. The van der Waals surface area contributed by atoms with Crippen LogP contribution in [-0.2, 0) is 6.18 Å². The van der Waals surface area contributed by atoms with Gasteiger partial charge in [-0.25, -0.2) is 0 Å². The highest BCUT2D eigenvalue weighted by Crippen LogP contribution is 2.34. The number of nitrogens with zero attached hydrogens (tertiary/aromatic N) is 1. The van der Waals surface area contributed by atoms with Crippen LogP contribution in [0.3, 0.4) is 0 Å². The molecular weight excluding hydrogens is 277 g/mol. The Hall–Kier alpha value is -0.810. The normalized spacial score (nSPS) is 15.3. The van der Waals surface area contributed by atoms with Crippen LogP contribution in [0, 0.1) is 0 Å². The molecule has 2 nitrogen and oxygen atoms in total. The molecule has 0 fully saturated rings. The lowest BCUT2D eigenvalue weighted by Crippen LogP contribution is -2.32. The van der Waals surface area contributed by atoms with Gasteiger partial charge in [-0.15, -0.1) is 0 Å². The van der Waals surface area contributed by atoms with Crippen LogP contribution < -0.4 is 5.32 Å². The van der Waals surface area contributed by atoms with E-state index in [9.17, 15) is 13.2 Å². The molecule has 2 atom stereocenters. The molecule has 0 radical (unpaired) electrons. The van der Waals surface area contributed by atoms with Gasteiger partial charge in [0.1, 0.15) is 0 Å². The van der Waals surface area contributed by atoms with Crippen molar-refractivity contribution in [2.75, 3.05) is 6.54 Å². The topological polar surface area (TPSA) is 24.9 Å². The third-order valence-electron chi connectivity index (χ3n) is 3.12. The van der Waals surface area contributed by atoms with Gasteiger partial charge in [0, 0.05) is 18.2 Å². The second-order valence-corrected chi connectivity index (χ2v) is 4.86. The maximum absolute atomic E-state index is 12.6. The lowest BCUT2D eigenvalue weighted by atomic mass is 9.93. The molecular formula is C13H18ClF3N2. The van der Waals surface area contributed by atoms with Crippen molar-refractivity contribution < 1.29 is 13.2 Å². The minimum absolute atomic E-state index is 0.00488. The zero-order chi connectivity index (χ0) is 14.6. The van der Waals surface area contributed by atoms with E-state index in [4.69, 9.17) is 11.6 Å². The molecule has 0 aliphatic carbocycles. The van der Waals surface area contributed by atoms with Crippen molar-refractivity contribution in [3.63, 3.8) is 0 Å². The summed E-state index contributed by atoms with van der Waals surface area (Å²) in [5, 5.41) is 3.32. The largest absolute Gasteiger partial charge is 0.417 e. The third-order valence-corrected chi connectivity index (χ3v) is 3.42. The molecule has 0 aliphatic heterocycles. The molecule has 0 saturated heterocycles. The second-order valence-electron chi connectivity index (χ2n) is 4.45. The van der Waals surface area contributed by atoms with Crippen LogP contribution >= 0.6 is 11.6 Å². The molecule has 108 valence electrons. The summed E-state index contributed by atoms with van der Waals surface area (Å²) in [6, 6.07) is 1.06. The summed E-state index contributed by atoms with van der Waals surface area (Å²) in [5.74, 6) is -0.00488. The average molecular weight is 295 g/mol. The first-order valence-electron chi connectivity index (χ1n) is 6.27. The first-order chi connectivity index (χ1) is 8.81. The highest BCUT2D eigenvalue weighted by Gasteiger charge is 2.32. The first kappa shape index (κ1) is 16.2. The maximum Gasteiger partial charge on any atom is 0.417 e. The molecule has 2 unspecified atom stereocenters. The predicted molar refractivity (Wildman–Crippen MR) is 70.4 cm³/mol. The minimum Gasteiger partial charge on any atom is -0.314 e. The summed E-state index contributed by atoms with van der Waals surface area (Å²) in [6.45, 7) is 6.71. The zero-order valence-corrected chi connectivity index (χ0v) is 11.9. The lowest BCUT2D eigenvalue weighted by molar-refractivity contribution is -0.137. The van der Waals surface area contributed by atoms with Gasteiger partial charge in [-0.05, 0) is 26.0 Å². The number of nitrogens with one attached hydrogen (secondary N) is 1. The Labute approximate surface area is 116 Å². The predicted octanol–water partition coefficient (Wildman–Crippen LogP) is 4.25. The molecule has 0 saturated carbocycles. The van der Waals surface area contributed by atoms with Crippen LogP contribution in [0.4, 0.5) is 13.2 Å². The maximum atomic E-state index is 12.6. The Bertz CT molecular complexity index is 421. The summed E-state index contributed by atoms with van der Waals surface area (Å²) in [7, 11) is 0. The summed E-state index contributed by atoms with van der Waals surface area (Å²) in [5.41, 5.74) is -0.294. The standard InChI is InChI=1S/C13H18ClF3N2/c1-4-10(8(3)18-5-2)12-11(14)6-9(7-19-12)13(15,16)17/h6-8,10,18H,4-5H2,1-3H3. The van der Waals surface area contributed by atoms with Crippen molar-refractivity contribution in [1.82, 2.24) is 10.3 Å². The molecule has 1 rings (SSSR count). The van der Waals surface area contributed by atoms with E-state index in [0.29, 0.717) is 5.69 Å². The summed E-state index contributed by atoms with van der Waals surface area (Å²) < 4.78 is 37.7. The highest BCUT2D eigenvalue weighted by molar-refractivity contribution is 6.31. The van der Waals surface area contributed by atoms with Crippen molar-refractivity contribution in [3.05, 3.63) is 28.5 Å². The minimum atomic E-state index is -4.41. The van der Waals surface area contributed by atoms with Crippen LogP contribution in [0.15, 0.2) is 12.3 Å². The number of alkyl halides is 3. The van der Waals surface area contributed by atoms with Crippen LogP contribution in [-0.4, -0.2) is 17.6 Å². The SMILES string of the molecule is CCNC(C)C(CC)c1ncc(C(F)(F)F)cc1Cl. The van der Waals surface area contributed by atoms with Gasteiger partial charge in [0.25, 0.3) is 0 Å². The van der Waals surface area contributed by atoms with Gasteiger partial charge in [-0.3, -0.25) is 4.98 Å². The van der Waals surface area contributed by atoms with Gasteiger partial charge in [-0.2, -0.15) is 13.2 Å². The van der Waals surface area contributed by atoms with Crippen molar-refractivity contribution in [1.29, 1.82) is 0 Å². The summed E-state index contributed by atoms with van der Waals surface area (Å²) in [6.07, 6.45) is -2.81. The molecule has 1 N–H and O–H groups in total. The van der Waals surface area contributed by atoms with Crippen LogP contribution in [0.25, 0.3) is 0 Å². The van der Waals surface area contributed by atoms with E-state index < -0.39 is 11.7 Å². The number of pyridine rings is 1. The third kappa shape index (κ3) is 4.08. The van der Waals surface area contributed by atoms with E-state index in [1.54, 1.807) is 0 Å². The van der Waals surface area contributed by atoms with Crippen LogP contribution in [0.1, 0.15) is 44.4 Å². The molecule has 19 heavy (non-hydrogen) atoms. The smallest absolute Gasteiger partial charge is 0.314 e. The van der Waals surface area contributed by atoms with E-state index >= 15 is 0 Å². The van der Waals surface area contributed by atoms with Crippen molar-refractivity contribution >= 4 is 11.6 Å². The Balaban J connectivity index is 3.06. The van der Waals surface area contributed by atoms with Gasteiger partial charge >= 0.3 is 6.18 Å². The molecule has 0 aliphatic rings. The molecule has 0 bridgehead atoms. The Morgan fingerprint density at radius 3 is 2.42 bits per heavy atom. The Kier molecular flexibility index (Phi) is 5.62. The fourth-order valence-electron chi connectivity index (χ4n) is 2.12. The molecule has 1 aromatic heterocycles. The molecule has 1 heterocycles. The average Bonchev–Trinajstić information content (AvgIpc) is 2.31. The van der Waals surface area contributed by atoms with E-state index in [0.717, 1.165) is 25.2 Å². The van der Waals surface area contributed by atoms with E-state index in [1.807, 2.05) is 20.8 Å². The number of halogens is 4. The zero-order valence-electron chi connectivity index (χ0n) is 11.2. The van der Waals surface area contributed by atoms with Crippen LogP contribution in [0.5, 0.6) is 0 Å². The lowest BCUT2D eigenvalue weighted by Gasteiger charge is -2.24. The summed E-state index contributed by atoms with van der Waals surface area (Å²) >= 11 is 5.96. The van der Waals surface area contributed by atoms with E-state index in [2.05, 4.69) is 10.3 Å². The highest BCUT2D eigenvalue weighted by atomic mass is 35.5. The van der Waals surface area contributed by atoms with Gasteiger partial charge in [0.2, 0.25) is 0 Å². The molecule has 1 aromatic rings. The number of hydrogen-bond donors (Lipinski definition) is 1. The van der Waals surface area contributed by atoms with Crippen molar-refractivity contribution in [3.8, 4) is 0 Å². The van der Waals surface area contributed by atoms with Crippen molar-refractivity contribution in [2.45, 2.75) is 45.3 Å². The van der Waals surface area contributed by atoms with E-state index in [-0.39, 0.29) is 17.0 Å². The number of rotatable bonds is 5. The Morgan fingerprint density at radius 2 is 2.00 bits per heavy atom. The molecule has 6 heteroatoms. The monoisotopic (exact) mass is 294 g/mol. The fourth-order valence-corrected chi connectivity index (χ4v) is 2.43. The molecule has 0 amide bonds. The molecule has 0 aromatic carbocycles.